The molecule has 0 amide bonds. The maximum atomic E-state index is 14.3. The minimum absolute atomic E-state index is 0.0278. The van der Waals surface area contributed by atoms with Crippen LogP contribution in [0.25, 0.3) is 0 Å². The molecule has 3 rings (SSSR count). The van der Waals surface area contributed by atoms with Gasteiger partial charge < -0.3 is 89.1 Å². The van der Waals surface area contributed by atoms with Gasteiger partial charge in [0.05, 0.1) is 13.2 Å². The molecule has 0 spiro atoms. The number of aliphatic hydroxyl groups excluding tert-OH is 10. The van der Waals surface area contributed by atoms with Crippen LogP contribution >= 0.6 is 7.82 Å². The lowest BCUT2D eigenvalue weighted by Gasteiger charge is -2.49. The number of carbonyl (C=O) groups excluding carboxylic acids is 3. The zero-order valence-electron chi connectivity index (χ0n) is 60.1. The molecule has 2 heterocycles. The number of phosphoric ester groups is 1. The second kappa shape index (κ2) is 55.2. The normalized spacial score (nSPS) is 27.7. The Balaban J connectivity index is 1.73. The van der Waals surface area contributed by atoms with Gasteiger partial charge in [0.15, 0.2) is 18.7 Å². The lowest BCUT2D eigenvalue weighted by molar-refractivity contribution is -0.360. The summed E-state index contributed by atoms with van der Waals surface area (Å²) in [5.74, 6) is -2.00. The van der Waals surface area contributed by atoms with Gasteiger partial charge in [0, 0.05) is 19.3 Å². The Bertz CT molecular complexity index is 2080. The molecule has 2 aliphatic heterocycles. The van der Waals surface area contributed by atoms with Crippen molar-refractivity contribution in [2.24, 2.45) is 0 Å². The van der Waals surface area contributed by atoms with Crippen LogP contribution in [-0.2, 0) is 61.2 Å². The van der Waals surface area contributed by atoms with Gasteiger partial charge in [-0.2, -0.15) is 0 Å². The molecular formula is C73H135O24P. The van der Waals surface area contributed by atoms with Crippen LogP contribution in [0.5, 0.6) is 0 Å². The monoisotopic (exact) mass is 1430 g/mol. The molecule has 25 heteroatoms. The Kier molecular flexibility index (Phi) is 50.7. The van der Waals surface area contributed by atoms with Crippen molar-refractivity contribution in [3.8, 4) is 0 Å². The maximum absolute atomic E-state index is 14.3. The zero-order chi connectivity index (χ0) is 71.8. The second-order valence-corrected chi connectivity index (χ2v) is 29.1. The molecule has 0 radical (unpaired) electrons. The summed E-state index contributed by atoms with van der Waals surface area (Å²) >= 11 is 0. The predicted molar refractivity (Wildman–Crippen MR) is 370 cm³/mol. The number of esters is 3. The first-order valence-corrected chi connectivity index (χ1v) is 40.0. The van der Waals surface area contributed by atoms with Crippen LogP contribution in [0.2, 0.25) is 0 Å². The average Bonchev–Trinajstić information content (AvgIpc) is 0.767. The lowest BCUT2D eigenvalue weighted by Crippen LogP contribution is -2.69. The van der Waals surface area contributed by atoms with Crippen LogP contribution < -0.4 is 0 Å². The van der Waals surface area contributed by atoms with Crippen LogP contribution in [0.3, 0.4) is 0 Å². The molecule has 3 aliphatic rings. The summed E-state index contributed by atoms with van der Waals surface area (Å²) in [5, 5.41) is 110. The van der Waals surface area contributed by atoms with E-state index < -0.39 is 156 Å². The van der Waals surface area contributed by atoms with Crippen molar-refractivity contribution in [1.29, 1.82) is 0 Å². The number of ether oxygens (including phenoxy) is 7. The predicted octanol–water partition coefficient (Wildman–Crippen LogP) is 10.7. The fourth-order valence-corrected chi connectivity index (χ4v) is 13.7. The van der Waals surface area contributed by atoms with Crippen molar-refractivity contribution < 1.29 is 117 Å². The highest BCUT2D eigenvalue weighted by atomic mass is 31.2. The van der Waals surface area contributed by atoms with E-state index in [1.165, 1.54) is 148 Å². The summed E-state index contributed by atoms with van der Waals surface area (Å²) in [6, 6.07) is 0. The smallest absolute Gasteiger partial charge is 0.463 e. The van der Waals surface area contributed by atoms with E-state index in [9.17, 15) is 74.9 Å². The topological polar surface area (TPSA) is 374 Å². The first-order valence-electron chi connectivity index (χ1n) is 38.5. The molecule has 18 unspecified atom stereocenters. The van der Waals surface area contributed by atoms with Crippen molar-refractivity contribution in [3.05, 3.63) is 12.2 Å². The van der Waals surface area contributed by atoms with Gasteiger partial charge in [0.2, 0.25) is 0 Å². The second-order valence-electron chi connectivity index (χ2n) is 27.7. The van der Waals surface area contributed by atoms with E-state index >= 15 is 0 Å². The summed E-state index contributed by atoms with van der Waals surface area (Å²) in [4.78, 5) is 51.0. The quantitative estimate of drug-likeness (QED) is 0.00886. The fourth-order valence-electron chi connectivity index (χ4n) is 12.8. The van der Waals surface area contributed by atoms with E-state index in [0.29, 0.717) is 19.3 Å². The Morgan fingerprint density at radius 1 is 0.388 bits per heavy atom. The molecule has 0 aromatic rings. The van der Waals surface area contributed by atoms with Crippen molar-refractivity contribution in [3.63, 3.8) is 0 Å². The van der Waals surface area contributed by atoms with Gasteiger partial charge >= 0.3 is 25.7 Å². The first kappa shape index (κ1) is 89.9. The number of hydrogen-bond acceptors (Lipinski definition) is 23. The number of aliphatic hydroxyl groups is 10. The highest BCUT2D eigenvalue weighted by Crippen LogP contribution is 2.49. The third kappa shape index (κ3) is 37.9. The number of phosphoric acid groups is 1. The summed E-state index contributed by atoms with van der Waals surface area (Å²) in [6.45, 7) is 3.45. The van der Waals surface area contributed by atoms with Crippen molar-refractivity contribution >= 4 is 25.7 Å². The molecule has 0 aromatic carbocycles. The molecule has 1 saturated carbocycles. The third-order valence-electron chi connectivity index (χ3n) is 19.0. The van der Waals surface area contributed by atoms with E-state index in [1.54, 1.807) is 0 Å². The minimum atomic E-state index is -5.70. The zero-order valence-corrected chi connectivity index (χ0v) is 61.0. The summed E-state index contributed by atoms with van der Waals surface area (Å²) in [6.07, 6.45) is 14.1. The molecule has 0 aromatic heterocycles. The number of rotatable bonds is 60. The van der Waals surface area contributed by atoms with Crippen molar-refractivity contribution in [1.82, 2.24) is 0 Å². The molecule has 0 bridgehead atoms. The number of hydrogen-bond donors (Lipinski definition) is 11. The summed E-state index contributed by atoms with van der Waals surface area (Å²) in [7, 11) is -5.70. The molecule has 1 aliphatic carbocycles. The van der Waals surface area contributed by atoms with Crippen molar-refractivity contribution in [2.45, 2.75) is 407 Å². The van der Waals surface area contributed by atoms with Gasteiger partial charge in [-0.1, -0.05) is 251 Å². The highest BCUT2D eigenvalue weighted by Gasteiger charge is 2.58. The average molecular weight is 1430 g/mol. The number of unbranched alkanes of at least 4 members (excludes halogenated alkanes) is 37. The minimum Gasteiger partial charge on any atom is -0.463 e. The van der Waals surface area contributed by atoms with Gasteiger partial charge in [-0.25, -0.2) is 4.57 Å². The Morgan fingerprint density at radius 3 is 1.11 bits per heavy atom. The molecule has 24 nitrogen and oxygen atoms in total. The van der Waals surface area contributed by atoms with Gasteiger partial charge in [-0.15, -0.1) is 0 Å². The van der Waals surface area contributed by atoms with E-state index in [2.05, 4.69) is 32.9 Å². The van der Waals surface area contributed by atoms with Crippen molar-refractivity contribution in [2.75, 3.05) is 26.4 Å². The molecule has 98 heavy (non-hydrogen) atoms. The lowest BCUT2D eigenvalue weighted by atomic mass is 9.84. The van der Waals surface area contributed by atoms with Gasteiger partial charge in [0.1, 0.15) is 98.7 Å². The van der Waals surface area contributed by atoms with Crippen LogP contribution in [0.4, 0.5) is 0 Å². The first-order chi connectivity index (χ1) is 47.3. The molecule has 576 valence electrons. The van der Waals surface area contributed by atoms with Gasteiger partial charge in [-0.3, -0.25) is 23.4 Å². The third-order valence-corrected chi connectivity index (χ3v) is 20.0. The van der Waals surface area contributed by atoms with Gasteiger partial charge in [-0.05, 0) is 44.9 Å². The molecular weight excluding hydrogens is 1290 g/mol. The molecule has 11 N–H and O–H groups in total. The van der Waals surface area contributed by atoms with E-state index in [4.69, 9.17) is 42.2 Å². The molecule has 18 atom stereocenters. The maximum Gasteiger partial charge on any atom is 0.472 e. The van der Waals surface area contributed by atoms with Gasteiger partial charge in [0.25, 0.3) is 0 Å². The van der Waals surface area contributed by atoms with E-state index in [-0.39, 0.29) is 19.3 Å². The van der Waals surface area contributed by atoms with E-state index in [0.717, 1.165) is 96.3 Å². The van der Waals surface area contributed by atoms with E-state index in [1.807, 2.05) is 0 Å². The summed E-state index contributed by atoms with van der Waals surface area (Å²) in [5.41, 5.74) is 0. The summed E-state index contributed by atoms with van der Waals surface area (Å²) < 4.78 is 65.0. The Morgan fingerprint density at radius 2 is 0.714 bits per heavy atom. The number of carbonyl (C=O) groups is 3. The SMILES string of the molecule is CCCCCCCC/C=C\CCCCCC(=O)OCC(COP(=O)(O)OC1C(OC2OC(CO)C(O)C(O)C2O)C(O)C(O)C(O)C1OC1OC(COC(=O)CCCCCCCCCCCCCCCCC)C(O)C(O)C1O)OC(=O)CCCCCCCCCCCCCCCCC. The van der Waals surface area contributed by atoms with Crippen LogP contribution in [0.15, 0.2) is 12.2 Å². The Hall–Kier alpha value is -2.30. The largest absolute Gasteiger partial charge is 0.472 e. The Labute approximate surface area is 586 Å². The van der Waals surface area contributed by atoms with Crippen LogP contribution in [-0.4, -0.2) is 204 Å². The number of allylic oxidation sites excluding steroid dienone is 2. The molecule has 3 fully saturated rings. The standard InChI is InChI=1S/C73H135O24P/c1-4-7-10-13-16-19-22-25-27-30-33-36-39-42-45-48-58(76)90-53-56-61(79)63(81)68(86)73(94-56)96-70-66(84)64(82)65(83)69(95-72-67(85)62(80)60(78)55(50-74)93-72)71(70)97-98(87,88)91-52-54(51-89-57(75)47-44-41-38-35-32-29-24-21-18-15-12-9-6-3)92-59(77)49-46-43-40-37-34-31-28-26-23-20-17-14-11-8-5-2/h29,32,54-56,60-74,78-86H,4-28,30-31,33-53H2,1-3H3,(H,87,88)/b32-29-. The molecule has 2 saturated heterocycles. The van der Waals surface area contributed by atoms with Crippen LogP contribution in [0.1, 0.15) is 303 Å². The highest BCUT2D eigenvalue weighted by molar-refractivity contribution is 7.47. The van der Waals surface area contributed by atoms with Crippen LogP contribution in [0, 0.1) is 0 Å². The fraction of sp³-hybridized carbons (Fsp3) is 0.932.